The van der Waals surface area contributed by atoms with Crippen LogP contribution in [0.5, 0.6) is 0 Å². The van der Waals surface area contributed by atoms with Crippen LogP contribution in [0, 0.1) is 0 Å². The molecule has 1 N–H and O–H groups in total. The van der Waals surface area contributed by atoms with Crippen molar-refractivity contribution >= 4 is 11.3 Å². The van der Waals surface area contributed by atoms with Gasteiger partial charge < -0.3 is 14.8 Å². The van der Waals surface area contributed by atoms with Crippen molar-refractivity contribution in [2.24, 2.45) is 0 Å². The summed E-state index contributed by atoms with van der Waals surface area (Å²) >= 11 is 1.87. The summed E-state index contributed by atoms with van der Waals surface area (Å²) in [5, 5.41) is 5.95. The highest BCUT2D eigenvalue weighted by atomic mass is 32.1. The molecule has 0 bridgehead atoms. The van der Waals surface area contributed by atoms with Crippen molar-refractivity contribution in [1.82, 2.24) is 10.2 Å². The third-order valence-corrected chi connectivity index (χ3v) is 5.38. The van der Waals surface area contributed by atoms with Gasteiger partial charge in [-0.15, -0.1) is 11.3 Å². The third kappa shape index (κ3) is 4.27. The van der Waals surface area contributed by atoms with Crippen molar-refractivity contribution in [1.29, 1.82) is 0 Å². The van der Waals surface area contributed by atoms with Gasteiger partial charge in [-0.2, -0.15) is 0 Å². The molecule has 5 heteroatoms. The zero-order chi connectivity index (χ0) is 14.5. The van der Waals surface area contributed by atoms with E-state index >= 15 is 0 Å². The average molecular weight is 310 g/mol. The standard InChI is InChI=1S/C16H26N2O2S/c1-13-12-18(6-9-20-13)15(16-3-2-10-21-16)11-17-14-4-7-19-8-5-14/h2-3,10,13-15,17H,4-9,11-12H2,1H3/t13-,15+/m1/s1. The predicted octanol–water partition coefficient (Wildman–Crippen LogP) is 2.28. The van der Waals surface area contributed by atoms with Gasteiger partial charge in [0, 0.05) is 43.8 Å². The minimum atomic E-state index is 0.337. The summed E-state index contributed by atoms with van der Waals surface area (Å²) in [6.07, 6.45) is 2.61. The van der Waals surface area contributed by atoms with Crippen molar-refractivity contribution in [2.75, 3.05) is 39.5 Å². The van der Waals surface area contributed by atoms with Crippen molar-refractivity contribution in [3.63, 3.8) is 0 Å². The monoisotopic (exact) mass is 310 g/mol. The number of ether oxygens (including phenoxy) is 2. The molecule has 0 radical (unpaired) electrons. The van der Waals surface area contributed by atoms with E-state index in [-0.39, 0.29) is 0 Å². The lowest BCUT2D eigenvalue weighted by atomic mass is 10.1. The maximum atomic E-state index is 5.69. The lowest BCUT2D eigenvalue weighted by Crippen LogP contribution is -2.47. The Morgan fingerprint density at radius 1 is 1.38 bits per heavy atom. The molecule has 2 aliphatic heterocycles. The first-order chi connectivity index (χ1) is 10.3. The van der Waals surface area contributed by atoms with Gasteiger partial charge in [0.05, 0.1) is 18.8 Å². The molecule has 0 spiro atoms. The highest BCUT2D eigenvalue weighted by Crippen LogP contribution is 2.26. The summed E-state index contributed by atoms with van der Waals surface area (Å²) in [6.45, 7) is 7.90. The van der Waals surface area contributed by atoms with Gasteiger partial charge in [0.15, 0.2) is 0 Å². The maximum absolute atomic E-state index is 5.69. The Hall–Kier alpha value is -0.460. The fourth-order valence-corrected chi connectivity index (χ4v) is 4.06. The van der Waals surface area contributed by atoms with Gasteiger partial charge in [-0.05, 0) is 31.2 Å². The molecular formula is C16H26N2O2S. The summed E-state index contributed by atoms with van der Waals surface area (Å²) in [5.74, 6) is 0. The fourth-order valence-electron chi connectivity index (χ4n) is 3.20. The quantitative estimate of drug-likeness (QED) is 0.905. The topological polar surface area (TPSA) is 33.7 Å². The highest BCUT2D eigenvalue weighted by molar-refractivity contribution is 7.10. The molecule has 0 amide bonds. The number of rotatable bonds is 5. The number of hydrogen-bond donors (Lipinski definition) is 1. The molecule has 2 saturated heterocycles. The molecule has 4 nitrogen and oxygen atoms in total. The van der Waals surface area contributed by atoms with Crippen molar-refractivity contribution in [3.05, 3.63) is 22.4 Å². The summed E-state index contributed by atoms with van der Waals surface area (Å²) in [7, 11) is 0. The van der Waals surface area contributed by atoms with Gasteiger partial charge in [-0.3, -0.25) is 4.90 Å². The van der Waals surface area contributed by atoms with Crippen LogP contribution in [-0.2, 0) is 9.47 Å². The zero-order valence-electron chi connectivity index (χ0n) is 12.8. The Labute approximate surface area is 131 Å². The van der Waals surface area contributed by atoms with Gasteiger partial charge in [0.2, 0.25) is 0 Å². The van der Waals surface area contributed by atoms with Crippen LogP contribution in [0.4, 0.5) is 0 Å². The van der Waals surface area contributed by atoms with Crippen LogP contribution in [0.25, 0.3) is 0 Å². The molecule has 0 unspecified atom stereocenters. The van der Waals surface area contributed by atoms with Crippen molar-refractivity contribution in [3.8, 4) is 0 Å². The molecule has 118 valence electrons. The molecule has 1 aromatic rings. The van der Waals surface area contributed by atoms with Gasteiger partial charge in [-0.25, -0.2) is 0 Å². The second-order valence-corrected chi connectivity index (χ2v) is 6.98. The first kappa shape index (κ1) is 15.4. The summed E-state index contributed by atoms with van der Waals surface area (Å²) in [6, 6.07) is 5.51. The molecule has 1 aromatic heterocycles. The highest BCUT2D eigenvalue weighted by Gasteiger charge is 2.27. The number of hydrogen-bond acceptors (Lipinski definition) is 5. The van der Waals surface area contributed by atoms with Crippen molar-refractivity contribution < 1.29 is 9.47 Å². The van der Waals surface area contributed by atoms with Gasteiger partial charge in [0.25, 0.3) is 0 Å². The van der Waals surface area contributed by atoms with Crippen LogP contribution in [-0.4, -0.2) is 56.5 Å². The van der Waals surface area contributed by atoms with Crippen LogP contribution < -0.4 is 5.32 Å². The normalized spacial score (nSPS) is 26.8. The fraction of sp³-hybridized carbons (Fsp3) is 0.750. The number of morpholine rings is 1. The van der Waals surface area contributed by atoms with Crippen LogP contribution >= 0.6 is 11.3 Å². The number of nitrogens with zero attached hydrogens (tertiary/aromatic N) is 1. The molecule has 21 heavy (non-hydrogen) atoms. The largest absolute Gasteiger partial charge is 0.381 e. The minimum absolute atomic E-state index is 0.337. The van der Waals surface area contributed by atoms with E-state index in [0.717, 1.165) is 52.3 Å². The first-order valence-corrected chi connectivity index (χ1v) is 8.91. The molecule has 0 saturated carbocycles. The molecule has 0 aromatic carbocycles. The lowest BCUT2D eigenvalue weighted by Gasteiger charge is -2.38. The Morgan fingerprint density at radius 2 is 2.24 bits per heavy atom. The molecule has 3 heterocycles. The van der Waals surface area contributed by atoms with Crippen LogP contribution in [0.15, 0.2) is 17.5 Å². The van der Waals surface area contributed by atoms with Gasteiger partial charge in [0.1, 0.15) is 0 Å². The van der Waals surface area contributed by atoms with E-state index in [9.17, 15) is 0 Å². The van der Waals surface area contributed by atoms with E-state index in [4.69, 9.17) is 9.47 Å². The molecule has 3 rings (SSSR count). The van der Waals surface area contributed by atoms with E-state index in [0.29, 0.717) is 18.2 Å². The van der Waals surface area contributed by atoms with E-state index in [1.165, 1.54) is 4.88 Å². The Kier molecular flexibility index (Phi) is 5.66. The Morgan fingerprint density at radius 3 is 2.95 bits per heavy atom. The van der Waals surface area contributed by atoms with E-state index in [1.54, 1.807) is 0 Å². The van der Waals surface area contributed by atoms with E-state index < -0.39 is 0 Å². The van der Waals surface area contributed by atoms with Crippen LogP contribution in [0.3, 0.4) is 0 Å². The lowest BCUT2D eigenvalue weighted by molar-refractivity contribution is -0.0347. The minimum Gasteiger partial charge on any atom is -0.381 e. The molecule has 2 aliphatic rings. The average Bonchev–Trinajstić information content (AvgIpc) is 3.03. The second kappa shape index (κ2) is 7.70. The van der Waals surface area contributed by atoms with Crippen LogP contribution in [0.2, 0.25) is 0 Å². The zero-order valence-corrected chi connectivity index (χ0v) is 13.6. The molecule has 2 fully saturated rings. The number of nitrogens with one attached hydrogen (secondary N) is 1. The molecular weight excluding hydrogens is 284 g/mol. The third-order valence-electron chi connectivity index (χ3n) is 4.41. The van der Waals surface area contributed by atoms with E-state index in [2.05, 4.69) is 34.7 Å². The Bertz CT molecular complexity index is 406. The summed E-state index contributed by atoms with van der Waals surface area (Å²) < 4.78 is 11.1. The van der Waals surface area contributed by atoms with E-state index in [1.807, 2.05) is 11.3 Å². The van der Waals surface area contributed by atoms with Gasteiger partial charge in [-0.1, -0.05) is 6.07 Å². The molecule has 0 aliphatic carbocycles. The second-order valence-electron chi connectivity index (χ2n) is 6.00. The SMILES string of the molecule is C[C@@H]1CN([C@@H](CNC2CCOCC2)c2cccs2)CCO1. The smallest absolute Gasteiger partial charge is 0.0674 e. The van der Waals surface area contributed by atoms with Crippen molar-refractivity contribution in [2.45, 2.75) is 38.0 Å². The van der Waals surface area contributed by atoms with Gasteiger partial charge >= 0.3 is 0 Å². The molecule has 2 atom stereocenters. The summed E-state index contributed by atoms with van der Waals surface area (Å²) in [4.78, 5) is 4.04. The van der Waals surface area contributed by atoms with Crippen LogP contribution in [0.1, 0.15) is 30.7 Å². The predicted molar refractivity (Wildman–Crippen MR) is 85.9 cm³/mol. The number of thiophene rings is 1. The summed E-state index contributed by atoms with van der Waals surface area (Å²) in [5.41, 5.74) is 0. The maximum Gasteiger partial charge on any atom is 0.0674 e. The Balaban J connectivity index is 1.61. The first-order valence-electron chi connectivity index (χ1n) is 8.03.